The zero-order valence-corrected chi connectivity index (χ0v) is 14.3. The van der Waals surface area contributed by atoms with Crippen LogP contribution < -0.4 is 5.32 Å². The monoisotopic (exact) mass is 308 g/mol. The van der Waals surface area contributed by atoms with Crippen LogP contribution in [0.5, 0.6) is 0 Å². The Morgan fingerprint density at radius 3 is 2.30 bits per heavy atom. The molecule has 0 saturated carbocycles. The van der Waals surface area contributed by atoms with E-state index in [1.165, 1.54) is 23.1 Å². The van der Waals surface area contributed by atoms with E-state index in [4.69, 9.17) is 0 Å². The molecule has 2 nitrogen and oxygen atoms in total. The summed E-state index contributed by atoms with van der Waals surface area (Å²) < 4.78 is 0. The lowest BCUT2D eigenvalue weighted by molar-refractivity contribution is 0.154. The molecule has 1 aliphatic rings. The van der Waals surface area contributed by atoms with Gasteiger partial charge >= 0.3 is 0 Å². The number of hydrogen-bond acceptors (Lipinski definition) is 2. The average molecular weight is 308 g/mol. The molecule has 0 amide bonds. The molecule has 1 fully saturated rings. The van der Waals surface area contributed by atoms with E-state index in [0.717, 1.165) is 26.2 Å². The Hall–Kier alpha value is -1.64. The van der Waals surface area contributed by atoms with Crippen molar-refractivity contribution in [3.05, 3.63) is 60.2 Å². The first-order valence-electron chi connectivity index (χ1n) is 8.84. The Labute approximate surface area is 140 Å². The van der Waals surface area contributed by atoms with E-state index >= 15 is 0 Å². The van der Waals surface area contributed by atoms with E-state index in [1.807, 2.05) is 0 Å². The summed E-state index contributed by atoms with van der Waals surface area (Å²) in [6.45, 7) is 9.16. The largest absolute Gasteiger partial charge is 0.314 e. The van der Waals surface area contributed by atoms with Gasteiger partial charge in [0.1, 0.15) is 0 Å². The Bertz CT molecular complexity index is 600. The lowest BCUT2D eigenvalue weighted by Gasteiger charge is -2.36. The van der Waals surface area contributed by atoms with Crippen molar-refractivity contribution in [3.8, 4) is 11.1 Å². The van der Waals surface area contributed by atoms with Crippen molar-refractivity contribution in [3.63, 3.8) is 0 Å². The van der Waals surface area contributed by atoms with Gasteiger partial charge in [0, 0.05) is 32.2 Å². The van der Waals surface area contributed by atoms with Crippen LogP contribution in [0.15, 0.2) is 54.6 Å². The minimum absolute atomic E-state index is 0.528. The lowest BCUT2D eigenvalue weighted by atomic mass is 9.92. The SMILES string of the molecule is CC(C)C[C@H](c1cccc(-c2ccccc2)c1)N1CCNCC1. The molecular weight excluding hydrogens is 280 g/mol. The van der Waals surface area contributed by atoms with Crippen LogP contribution in [-0.2, 0) is 0 Å². The van der Waals surface area contributed by atoms with Crippen LogP contribution in [-0.4, -0.2) is 31.1 Å². The first kappa shape index (κ1) is 16.2. The predicted molar refractivity (Wildman–Crippen MR) is 98.5 cm³/mol. The number of hydrogen-bond donors (Lipinski definition) is 1. The molecule has 3 rings (SSSR count). The highest BCUT2D eigenvalue weighted by Gasteiger charge is 2.23. The van der Waals surface area contributed by atoms with E-state index < -0.39 is 0 Å². The normalized spacial score (nSPS) is 17.3. The summed E-state index contributed by atoms with van der Waals surface area (Å²) in [6, 6.07) is 20.4. The Balaban J connectivity index is 1.89. The smallest absolute Gasteiger partial charge is 0.0351 e. The molecule has 1 aliphatic heterocycles. The number of rotatable bonds is 5. The maximum Gasteiger partial charge on any atom is 0.0351 e. The molecule has 1 saturated heterocycles. The second-order valence-corrected chi connectivity index (χ2v) is 6.92. The maximum atomic E-state index is 3.47. The van der Waals surface area contributed by atoms with Crippen molar-refractivity contribution < 1.29 is 0 Å². The van der Waals surface area contributed by atoms with Crippen molar-refractivity contribution in [2.75, 3.05) is 26.2 Å². The van der Waals surface area contributed by atoms with Crippen LogP contribution in [0.3, 0.4) is 0 Å². The van der Waals surface area contributed by atoms with Crippen LogP contribution >= 0.6 is 0 Å². The number of nitrogens with zero attached hydrogens (tertiary/aromatic N) is 1. The molecule has 23 heavy (non-hydrogen) atoms. The third-order valence-electron chi connectivity index (χ3n) is 4.67. The van der Waals surface area contributed by atoms with E-state index in [2.05, 4.69) is 78.7 Å². The van der Waals surface area contributed by atoms with Gasteiger partial charge in [0.25, 0.3) is 0 Å². The fraction of sp³-hybridized carbons (Fsp3) is 0.429. The molecule has 1 heterocycles. The van der Waals surface area contributed by atoms with Gasteiger partial charge in [-0.25, -0.2) is 0 Å². The summed E-state index contributed by atoms with van der Waals surface area (Å²) in [5.41, 5.74) is 4.09. The van der Waals surface area contributed by atoms with Gasteiger partial charge < -0.3 is 5.32 Å². The quantitative estimate of drug-likeness (QED) is 0.883. The van der Waals surface area contributed by atoms with Gasteiger partial charge in [0.05, 0.1) is 0 Å². The summed E-state index contributed by atoms with van der Waals surface area (Å²) >= 11 is 0. The van der Waals surface area contributed by atoms with Gasteiger partial charge in [-0.15, -0.1) is 0 Å². The maximum absolute atomic E-state index is 3.47. The molecule has 1 N–H and O–H groups in total. The highest BCUT2D eigenvalue weighted by Crippen LogP contribution is 2.31. The summed E-state index contributed by atoms with van der Waals surface area (Å²) in [6.07, 6.45) is 1.22. The molecule has 0 spiro atoms. The zero-order chi connectivity index (χ0) is 16.1. The highest BCUT2D eigenvalue weighted by atomic mass is 15.2. The van der Waals surface area contributed by atoms with Crippen molar-refractivity contribution in [2.24, 2.45) is 5.92 Å². The van der Waals surface area contributed by atoms with Gasteiger partial charge in [-0.05, 0) is 35.1 Å². The van der Waals surface area contributed by atoms with Crippen LogP contribution in [0, 0.1) is 5.92 Å². The van der Waals surface area contributed by atoms with Gasteiger partial charge in [-0.1, -0.05) is 62.4 Å². The van der Waals surface area contributed by atoms with E-state index in [0.29, 0.717) is 12.0 Å². The highest BCUT2D eigenvalue weighted by molar-refractivity contribution is 5.64. The van der Waals surface area contributed by atoms with Gasteiger partial charge in [-0.3, -0.25) is 4.90 Å². The van der Waals surface area contributed by atoms with Crippen LogP contribution in [0.2, 0.25) is 0 Å². The molecule has 1 atom stereocenters. The second-order valence-electron chi connectivity index (χ2n) is 6.92. The van der Waals surface area contributed by atoms with Crippen molar-refractivity contribution in [1.82, 2.24) is 10.2 Å². The van der Waals surface area contributed by atoms with Crippen LogP contribution in [0.1, 0.15) is 31.9 Å². The predicted octanol–water partition coefficient (Wildman–Crippen LogP) is 4.35. The number of piperazine rings is 1. The van der Waals surface area contributed by atoms with E-state index in [-0.39, 0.29) is 0 Å². The lowest BCUT2D eigenvalue weighted by Crippen LogP contribution is -2.45. The van der Waals surface area contributed by atoms with E-state index in [9.17, 15) is 0 Å². The van der Waals surface area contributed by atoms with Gasteiger partial charge in [0.2, 0.25) is 0 Å². The molecule has 0 unspecified atom stereocenters. The van der Waals surface area contributed by atoms with Crippen molar-refractivity contribution in [2.45, 2.75) is 26.3 Å². The molecule has 2 heteroatoms. The molecule has 0 radical (unpaired) electrons. The number of benzene rings is 2. The topological polar surface area (TPSA) is 15.3 Å². The van der Waals surface area contributed by atoms with Crippen LogP contribution in [0.4, 0.5) is 0 Å². The third kappa shape index (κ3) is 4.21. The minimum Gasteiger partial charge on any atom is -0.314 e. The van der Waals surface area contributed by atoms with Crippen molar-refractivity contribution in [1.29, 1.82) is 0 Å². The molecule has 0 bridgehead atoms. The first-order chi connectivity index (χ1) is 11.2. The first-order valence-corrected chi connectivity index (χ1v) is 8.84. The van der Waals surface area contributed by atoms with Crippen molar-refractivity contribution >= 4 is 0 Å². The number of nitrogens with one attached hydrogen (secondary N) is 1. The van der Waals surface area contributed by atoms with E-state index in [1.54, 1.807) is 0 Å². The summed E-state index contributed by atoms with van der Waals surface area (Å²) in [5.74, 6) is 0.704. The fourth-order valence-corrected chi connectivity index (χ4v) is 3.49. The Morgan fingerprint density at radius 1 is 0.913 bits per heavy atom. The van der Waals surface area contributed by atoms with Crippen LogP contribution in [0.25, 0.3) is 11.1 Å². The molecular formula is C21H28N2. The Kier molecular flexibility index (Phi) is 5.47. The second kappa shape index (κ2) is 7.76. The Morgan fingerprint density at radius 2 is 1.61 bits per heavy atom. The summed E-state index contributed by atoms with van der Waals surface area (Å²) in [5, 5.41) is 3.47. The third-order valence-corrected chi connectivity index (χ3v) is 4.67. The van der Waals surface area contributed by atoms with Gasteiger partial charge in [0.15, 0.2) is 0 Å². The molecule has 2 aromatic rings. The molecule has 122 valence electrons. The fourth-order valence-electron chi connectivity index (χ4n) is 3.49. The van der Waals surface area contributed by atoms with Gasteiger partial charge in [-0.2, -0.15) is 0 Å². The summed E-state index contributed by atoms with van der Waals surface area (Å²) in [7, 11) is 0. The molecule has 0 aromatic heterocycles. The summed E-state index contributed by atoms with van der Waals surface area (Å²) in [4.78, 5) is 2.65. The average Bonchev–Trinajstić information content (AvgIpc) is 2.61. The molecule has 0 aliphatic carbocycles. The minimum atomic E-state index is 0.528. The zero-order valence-electron chi connectivity index (χ0n) is 14.3. The molecule has 2 aromatic carbocycles. The standard InChI is InChI=1S/C21H28N2/c1-17(2)15-21(23-13-11-22-12-14-23)20-10-6-9-19(16-20)18-7-4-3-5-8-18/h3-10,16-17,21-22H,11-15H2,1-2H3/t21-/m1/s1.